The predicted octanol–water partition coefficient (Wildman–Crippen LogP) is 1.23. The van der Waals surface area contributed by atoms with E-state index in [1.165, 1.54) is 12.8 Å². The van der Waals surface area contributed by atoms with Gasteiger partial charge in [0.05, 0.1) is 19.3 Å². The Balaban J connectivity index is 1.74. The van der Waals surface area contributed by atoms with Crippen LogP contribution in [0.25, 0.3) is 0 Å². The Morgan fingerprint density at radius 3 is 2.47 bits per heavy atom. The highest BCUT2D eigenvalue weighted by Gasteiger charge is 2.39. The van der Waals surface area contributed by atoms with Crippen LogP contribution < -0.4 is 0 Å². The average Bonchev–Trinajstić information content (AvgIpc) is 2.46. The fourth-order valence-electron chi connectivity index (χ4n) is 2.94. The lowest BCUT2D eigenvalue weighted by atomic mass is 10.0. The standard InChI is InChI=1S/C11H20ClNO2/c12-3-5-15-6-4-13-9-1-2-10(13)8-11(14)7-9/h9-11,14H,1-8H2. The lowest BCUT2D eigenvalue weighted by Crippen LogP contribution is -2.46. The van der Waals surface area contributed by atoms with Gasteiger partial charge < -0.3 is 9.84 Å². The third kappa shape index (κ3) is 2.84. The van der Waals surface area contributed by atoms with Crippen LogP contribution in [0.3, 0.4) is 0 Å². The average molecular weight is 234 g/mol. The molecule has 15 heavy (non-hydrogen) atoms. The molecule has 0 radical (unpaired) electrons. The molecule has 0 saturated carbocycles. The number of ether oxygens (including phenoxy) is 1. The van der Waals surface area contributed by atoms with Crippen LogP contribution in [0.1, 0.15) is 25.7 Å². The van der Waals surface area contributed by atoms with Gasteiger partial charge in [0.2, 0.25) is 0 Å². The number of hydrogen-bond donors (Lipinski definition) is 1. The van der Waals surface area contributed by atoms with Gasteiger partial charge in [-0.1, -0.05) is 0 Å². The maximum atomic E-state index is 9.64. The molecule has 0 amide bonds. The van der Waals surface area contributed by atoms with Crippen molar-refractivity contribution < 1.29 is 9.84 Å². The van der Waals surface area contributed by atoms with E-state index in [-0.39, 0.29) is 6.10 Å². The topological polar surface area (TPSA) is 32.7 Å². The molecule has 1 N–H and O–H groups in total. The first-order chi connectivity index (χ1) is 7.31. The molecule has 3 nitrogen and oxygen atoms in total. The monoisotopic (exact) mass is 233 g/mol. The predicted molar refractivity (Wildman–Crippen MR) is 60.3 cm³/mol. The van der Waals surface area contributed by atoms with Crippen molar-refractivity contribution in [2.75, 3.05) is 25.6 Å². The zero-order valence-electron chi connectivity index (χ0n) is 9.07. The van der Waals surface area contributed by atoms with Crippen LogP contribution in [-0.4, -0.2) is 53.8 Å². The molecule has 0 spiro atoms. The quantitative estimate of drug-likeness (QED) is 0.573. The van der Waals surface area contributed by atoms with Crippen molar-refractivity contribution in [3.05, 3.63) is 0 Å². The second kappa shape index (κ2) is 5.48. The summed E-state index contributed by atoms with van der Waals surface area (Å²) in [6.45, 7) is 2.42. The second-order valence-corrected chi connectivity index (χ2v) is 4.93. The van der Waals surface area contributed by atoms with Crippen LogP contribution in [0.2, 0.25) is 0 Å². The van der Waals surface area contributed by atoms with Crippen molar-refractivity contribution >= 4 is 11.6 Å². The van der Waals surface area contributed by atoms with Gasteiger partial charge in [0.15, 0.2) is 0 Å². The molecule has 2 atom stereocenters. The van der Waals surface area contributed by atoms with E-state index >= 15 is 0 Å². The van der Waals surface area contributed by atoms with Gasteiger partial charge in [0.25, 0.3) is 0 Å². The van der Waals surface area contributed by atoms with Crippen LogP contribution in [0.15, 0.2) is 0 Å². The summed E-state index contributed by atoms with van der Waals surface area (Å²) in [6.07, 6.45) is 4.33. The van der Waals surface area contributed by atoms with Crippen LogP contribution in [-0.2, 0) is 4.74 Å². The van der Waals surface area contributed by atoms with Crippen LogP contribution >= 0.6 is 11.6 Å². The summed E-state index contributed by atoms with van der Waals surface area (Å²) in [4.78, 5) is 2.51. The third-order valence-electron chi connectivity index (χ3n) is 3.57. The van der Waals surface area contributed by atoms with Gasteiger partial charge in [-0.2, -0.15) is 0 Å². The molecule has 88 valence electrons. The largest absolute Gasteiger partial charge is 0.393 e. The molecule has 0 aromatic carbocycles. The number of fused-ring (bicyclic) bond motifs is 2. The van der Waals surface area contributed by atoms with E-state index in [4.69, 9.17) is 16.3 Å². The first-order valence-corrected chi connectivity index (χ1v) is 6.42. The second-order valence-electron chi connectivity index (χ2n) is 4.55. The summed E-state index contributed by atoms with van der Waals surface area (Å²) in [6, 6.07) is 1.19. The minimum atomic E-state index is -0.0671. The van der Waals surface area contributed by atoms with Crippen molar-refractivity contribution in [1.29, 1.82) is 0 Å². The molecule has 2 fully saturated rings. The molecule has 2 rings (SSSR count). The van der Waals surface area contributed by atoms with Gasteiger partial charge >= 0.3 is 0 Å². The van der Waals surface area contributed by atoms with Gasteiger partial charge in [-0.15, -0.1) is 11.6 Å². The number of aliphatic hydroxyl groups is 1. The SMILES string of the molecule is OC1CC2CCC(C1)N2CCOCCCl. The Morgan fingerprint density at radius 1 is 1.20 bits per heavy atom. The minimum absolute atomic E-state index is 0.0671. The van der Waals surface area contributed by atoms with E-state index in [2.05, 4.69) is 4.90 Å². The van der Waals surface area contributed by atoms with Gasteiger partial charge in [-0.25, -0.2) is 0 Å². The molecule has 4 heteroatoms. The van der Waals surface area contributed by atoms with Crippen molar-refractivity contribution in [1.82, 2.24) is 4.90 Å². The molecule has 2 bridgehead atoms. The van der Waals surface area contributed by atoms with E-state index in [1.807, 2.05) is 0 Å². The van der Waals surface area contributed by atoms with Crippen molar-refractivity contribution in [3.8, 4) is 0 Å². The van der Waals surface area contributed by atoms with Gasteiger partial charge in [0.1, 0.15) is 0 Å². The van der Waals surface area contributed by atoms with Gasteiger partial charge in [-0.05, 0) is 25.7 Å². The zero-order chi connectivity index (χ0) is 10.7. The fraction of sp³-hybridized carbons (Fsp3) is 1.00. The zero-order valence-corrected chi connectivity index (χ0v) is 9.83. The molecule has 0 aromatic heterocycles. The number of aliphatic hydroxyl groups excluding tert-OH is 1. The Kier molecular flexibility index (Phi) is 4.26. The number of rotatable bonds is 5. The van der Waals surface area contributed by atoms with E-state index in [0.29, 0.717) is 24.6 Å². The highest BCUT2D eigenvalue weighted by Crippen LogP contribution is 2.35. The molecule has 2 aliphatic rings. The molecule has 0 aromatic rings. The summed E-state index contributed by atoms with van der Waals surface area (Å²) >= 11 is 5.54. The van der Waals surface area contributed by atoms with Gasteiger partial charge in [-0.3, -0.25) is 4.90 Å². The Hall–Kier alpha value is 0.170. The summed E-state index contributed by atoms with van der Waals surface area (Å²) in [5.41, 5.74) is 0. The molecule has 2 unspecified atom stereocenters. The van der Waals surface area contributed by atoms with Crippen LogP contribution in [0, 0.1) is 0 Å². The fourth-order valence-corrected chi connectivity index (χ4v) is 3.05. The van der Waals surface area contributed by atoms with Crippen molar-refractivity contribution in [2.24, 2.45) is 0 Å². The Labute approximate surface area is 96.3 Å². The smallest absolute Gasteiger partial charge is 0.0602 e. The van der Waals surface area contributed by atoms with Crippen molar-refractivity contribution in [3.63, 3.8) is 0 Å². The summed E-state index contributed by atoms with van der Waals surface area (Å²) in [7, 11) is 0. The molecular formula is C11H20ClNO2. The van der Waals surface area contributed by atoms with Crippen molar-refractivity contribution in [2.45, 2.75) is 43.9 Å². The van der Waals surface area contributed by atoms with E-state index in [9.17, 15) is 5.11 Å². The van der Waals surface area contributed by atoms with E-state index in [0.717, 1.165) is 26.0 Å². The first-order valence-electron chi connectivity index (χ1n) is 5.88. The van der Waals surface area contributed by atoms with Crippen LogP contribution in [0.4, 0.5) is 0 Å². The van der Waals surface area contributed by atoms with E-state index < -0.39 is 0 Å². The minimum Gasteiger partial charge on any atom is -0.393 e. The molecule has 2 saturated heterocycles. The van der Waals surface area contributed by atoms with Crippen LogP contribution in [0.5, 0.6) is 0 Å². The molecule has 0 aliphatic carbocycles. The summed E-state index contributed by atoms with van der Waals surface area (Å²) < 4.78 is 5.40. The number of piperidine rings is 1. The maximum absolute atomic E-state index is 9.64. The molecular weight excluding hydrogens is 214 g/mol. The number of nitrogens with zero attached hydrogens (tertiary/aromatic N) is 1. The highest BCUT2D eigenvalue weighted by molar-refractivity contribution is 6.17. The summed E-state index contributed by atoms with van der Waals surface area (Å²) in [5.74, 6) is 0.575. The highest BCUT2D eigenvalue weighted by atomic mass is 35.5. The molecule has 2 aliphatic heterocycles. The Morgan fingerprint density at radius 2 is 1.87 bits per heavy atom. The lowest BCUT2D eigenvalue weighted by molar-refractivity contribution is 0.0172. The summed E-state index contributed by atoms with van der Waals surface area (Å²) in [5, 5.41) is 9.64. The third-order valence-corrected chi connectivity index (χ3v) is 3.73. The van der Waals surface area contributed by atoms with Gasteiger partial charge in [0, 0.05) is 24.5 Å². The first kappa shape index (κ1) is 11.6. The maximum Gasteiger partial charge on any atom is 0.0602 e. The van der Waals surface area contributed by atoms with E-state index in [1.54, 1.807) is 0 Å². The Bertz CT molecular complexity index is 189. The normalized spacial score (nSPS) is 36.0. The number of halogens is 1. The molecule has 2 heterocycles. The number of hydrogen-bond acceptors (Lipinski definition) is 3. The number of alkyl halides is 1. The lowest BCUT2D eigenvalue weighted by Gasteiger charge is -2.36.